The lowest BCUT2D eigenvalue weighted by Gasteiger charge is -2.33. The van der Waals surface area contributed by atoms with E-state index in [4.69, 9.17) is 0 Å². The summed E-state index contributed by atoms with van der Waals surface area (Å²) in [6, 6.07) is 9.30. The highest BCUT2D eigenvalue weighted by Crippen LogP contribution is 2.25. The van der Waals surface area contributed by atoms with Crippen molar-refractivity contribution in [1.82, 2.24) is 9.80 Å². The lowest BCUT2D eigenvalue weighted by molar-refractivity contribution is 0.150. The molecule has 1 fully saturated rings. The topological polar surface area (TPSA) is 18.5 Å². The summed E-state index contributed by atoms with van der Waals surface area (Å²) in [5.41, 5.74) is 2.82. The van der Waals surface area contributed by atoms with Crippen LogP contribution in [0.2, 0.25) is 0 Å². The molecule has 0 bridgehead atoms. The van der Waals surface area contributed by atoms with Gasteiger partial charge < -0.3 is 10.2 Å². The highest BCUT2D eigenvalue weighted by atomic mass is 15.3. The van der Waals surface area contributed by atoms with E-state index in [0.29, 0.717) is 6.04 Å². The summed E-state index contributed by atoms with van der Waals surface area (Å²) in [6.45, 7) is 6.03. The molecular formula is C14H21N3. The van der Waals surface area contributed by atoms with Crippen molar-refractivity contribution in [2.45, 2.75) is 12.5 Å². The van der Waals surface area contributed by atoms with Gasteiger partial charge in [-0.2, -0.15) is 0 Å². The minimum atomic E-state index is 0.607. The number of benzene rings is 1. The van der Waals surface area contributed by atoms with Gasteiger partial charge in [0.1, 0.15) is 0 Å². The molecule has 2 heterocycles. The zero-order valence-corrected chi connectivity index (χ0v) is 10.5. The van der Waals surface area contributed by atoms with Crippen LogP contribution in [0.5, 0.6) is 0 Å². The third-order valence-electron chi connectivity index (χ3n) is 3.92. The van der Waals surface area contributed by atoms with Gasteiger partial charge >= 0.3 is 0 Å². The van der Waals surface area contributed by atoms with Crippen LogP contribution >= 0.6 is 0 Å². The van der Waals surface area contributed by atoms with Crippen molar-refractivity contribution in [3.8, 4) is 0 Å². The fourth-order valence-corrected chi connectivity index (χ4v) is 2.83. The van der Waals surface area contributed by atoms with Crippen molar-refractivity contribution in [3.63, 3.8) is 0 Å². The predicted molar refractivity (Wildman–Crippen MR) is 71.5 cm³/mol. The smallest absolute Gasteiger partial charge is 0.0429 e. The fraction of sp³-hybridized carbons (Fsp3) is 0.571. The van der Waals surface area contributed by atoms with Gasteiger partial charge in [-0.15, -0.1) is 0 Å². The van der Waals surface area contributed by atoms with Crippen LogP contribution in [0.4, 0.5) is 5.69 Å². The molecule has 17 heavy (non-hydrogen) atoms. The molecule has 1 aromatic rings. The first kappa shape index (κ1) is 11.1. The van der Waals surface area contributed by atoms with Crippen molar-refractivity contribution < 1.29 is 0 Å². The van der Waals surface area contributed by atoms with E-state index >= 15 is 0 Å². The summed E-state index contributed by atoms with van der Waals surface area (Å²) < 4.78 is 0. The van der Waals surface area contributed by atoms with Gasteiger partial charge in [0.25, 0.3) is 0 Å². The predicted octanol–water partition coefficient (Wildman–Crippen LogP) is 1.27. The zero-order valence-electron chi connectivity index (χ0n) is 10.5. The van der Waals surface area contributed by atoms with Gasteiger partial charge in [0.05, 0.1) is 0 Å². The molecule has 3 heteroatoms. The van der Waals surface area contributed by atoms with E-state index in [9.17, 15) is 0 Å². The number of likely N-dealkylation sites (N-methyl/N-ethyl adjacent to an activating group) is 1. The molecule has 0 saturated carbocycles. The van der Waals surface area contributed by atoms with Gasteiger partial charge in [-0.3, -0.25) is 4.90 Å². The van der Waals surface area contributed by atoms with Crippen LogP contribution in [0.25, 0.3) is 0 Å². The first-order valence-corrected chi connectivity index (χ1v) is 6.56. The summed E-state index contributed by atoms with van der Waals surface area (Å²) >= 11 is 0. The van der Waals surface area contributed by atoms with Crippen molar-refractivity contribution in [2.24, 2.45) is 0 Å². The van der Waals surface area contributed by atoms with E-state index in [0.717, 1.165) is 0 Å². The molecule has 0 amide bonds. The Morgan fingerprint density at radius 2 is 1.94 bits per heavy atom. The number of piperazine rings is 1. The van der Waals surface area contributed by atoms with Crippen LogP contribution in [0.3, 0.4) is 0 Å². The van der Waals surface area contributed by atoms with Gasteiger partial charge in [0.15, 0.2) is 0 Å². The van der Waals surface area contributed by atoms with E-state index < -0.39 is 0 Å². The van der Waals surface area contributed by atoms with Crippen molar-refractivity contribution in [3.05, 3.63) is 29.8 Å². The Morgan fingerprint density at radius 3 is 2.71 bits per heavy atom. The molecule has 1 saturated heterocycles. The van der Waals surface area contributed by atoms with Gasteiger partial charge in [0.2, 0.25) is 0 Å². The minimum Gasteiger partial charge on any atom is -0.380 e. The quantitative estimate of drug-likeness (QED) is 0.827. The number of anilines is 1. The highest BCUT2D eigenvalue weighted by molar-refractivity contribution is 5.56. The van der Waals surface area contributed by atoms with E-state index in [1.165, 1.54) is 50.4 Å². The standard InChI is InChI=1S/C14H21N3/c1-16-6-8-17(9-7-16)11-13-10-12-4-2-3-5-14(12)15-13/h2-5,13,15H,6-11H2,1H3. The zero-order chi connectivity index (χ0) is 11.7. The minimum absolute atomic E-state index is 0.607. The van der Waals surface area contributed by atoms with Crippen LogP contribution in [0, 0.1) is 0 Å². The average molecular weight is 231 g/mol. The van der Waals surface area contributed by atoms with E-state index in [1.54, 1.807) is 0 Å². The SMILES string of the molecule is CN1CCN(CC2Cc3ccccc3N2)CC1. The second-order valence-corrected chi connectivity index (χ2v) is 5.31. The Morgan fingerprint density at radius 1 is 1.18 bits per heavy atom. The van der Waals surface area contributed by atoms with Crippen LogP contribution in [-0.4, -0.2) is 55.6 Å². The summed E-state index contributed by atoms with van der Waals surface area (Å²) in [6.07, 6.45) is 1.18. The summed E-state index contributed by atoms with van der Waals surface area (Å²) in [5, 5.41) is 3.64. The molecule has 1 unspecified atom stereocenters. The lowest BCUT2D eigenvalue weighted by atomic mass is 10.1. The molecule has 2 aliphatic rings. The Bertz CT molecular complexity index is 358. The number of hydrogen-bond acceptors (Lipinski definition) is 3. The third-order valence-corrected chi connectivity index (χ3v) is 3.92. The molecule has 3 rings (SSSR count). The molecule has 0 aromatic heterocycles. The van der Waals surface area contributed by atoms with Gasteiger partial charge in [-0.1, -0.05) is 18.2 Å². The van der Waals surface area contributed by atoms with Crippen LogP contribution in [0.15, 0.2) is 24.3 Å². The molecule has 1 aromatic carbocycles. The Kier molecular flexibility index (Phi) is 3.04. The molecular weight excluding hydrogens is 210 g/mol. The Hall–Kier alpha value is -1.06. The normalized spacial score (nSPS) is 25.6. The first-order chi connectivity index (χ1) is 8.31. The highest BCUT2D eigenvalue weighted by Gasteiger charge is 2.23. The number of nitrogens with one attached hydrogen (secondary N) is 1. The summed E-state index contributed by atoms with van der Waals surface area (Å²) in [4.78, 5) is 5.00. The maximum absolute atomic E-state index is 3.64. The van der Waals surface area contributed by atoms with E-state index in [-0.39, 0.29) is 0 Å². The third kappa shape index (κ3) is 2.45. The molecule has 2 aliphatic heterocycles. The summed E-state index contributed by atoms with van der Waals surface area (Å²) in [5.74, 6) is 0. The second-order valence-electron chi connectivity index (χ2n) is 5.31. The monoisotopic (exact) mass is 231 g/mol. The Balaban J connectivity index is 1.55. The molecule has 1 atom stereocenters. The lowest BCUT2D eigenvalue weighted by Crippen LogP contribution is -2.47. The number of hydrogen-bond donors (Lipinski definition) is 1. The number of rotatable bonds is 2. The maximum atomic E-state index is 3.64. The molecule has 0 spiro atoms. The second kappa shape index (κ2) is 4.67. The fourth-order valence-electron chi connectivity index (χ4n) is 2.83. The largest absolute Gasteiger partial charge is 0.380 e. The van der Waals surface area contributed by atoms with Crippen LogP contribution < -0.4 is 5.32 Å². The number of fused-ring (bicyclic) bond motifs is 1. The number of para-hydroxylation sites is 1. The first-order valence-electron chi connectivity index (χ1n) is 6.56. The maximum Gasteiger partial charge on any atom is 0.0429 e. The Labute approximate surface area is 103 Å². The molecule has 3 nitrogen and oxygen atoms in total. The van der Waals surface area contributed by atoms with E-state index in [2.05, 4.69) is 46.4 Å². The van der Waals surface area contributed by atoms with Crippen molar-refractivity contribution in [2.75, 3.05) is 45.1 Å². The average Bonchev–Trinajstić information content (AvgIpc) is 2.74. The van der Waals surface area contributed by atoms with Crippen LogP contribution in [0.1, 0.15) is 5.56 Å². The molecule has 1 N–H and O–H groups in total. The van der Waals surface area contributed by atoms with Gasteiger partial charge in [0, 0.05) is 44.5 Å². The van der Waals surface area contributed by atoms with Gasteiger partial charge in [-0.05, 0) is 25.1 Å². The molecule has 0 radical (unpaired) electrons. The van der Waals surface area contributed by atoms with Crippen LogP contribution in [-0.2, 0) is 6.42 Å². The van der Waals surface area contributed by atoms with Gasteiger partial charge in [-0.25, -0.2) is 0 Å². The van der Waals surface area contributed by atoms with Crippen molar-refractivity contribution in [1.29, 1.82) is 0 Å². The van der Waals surface area contributed by atoms with E-state index in [1.807, 2.05) is 0 Å². The number of nitrogens with zero attached hydrogens (tertiary/aromatic N) is 2. The molecule has 0 aliphatic carbocycles. The van der Waals surface area contributed by atoms with Crippen molar-refractivity contribution >= 4 is 5.69 Å². The summed E-state index contributed by atoms with van der Waals surface area (Å²) in [7, 11) is 2.21. The molecule has 92 valence electrons.